The quantitative estimate of drug-likeness (QED) is 0.768. The van der Waals surface area contributed by atoms with Gasteiger partial charge in [0.2, 0.25) is 0 Å². The highest BCUT2D eigenvalue weighted by Crippen LogP contribution is 2.18. The van der Waals surface area contributed by atoms with Crippen LogP contribution in [0.5, 0.6) is 0 Å². The number of aromatic nitrogens is 1. The minimum absolute atomic E-state index is 0.0661. The molecule has 0 amide bonds. The van der Waals surface area contributed by atoms with Gasteiger partial charge in [0.05, 0.1) is 5.69 Å². The second-order valence-corrected chi connectivity index (χ2v) is 6.80. The van der Waals surface area contributed by atoms with Gasteiger partial charge >= 0.3 is 0 Å². The topological polar surface area (TPSA) is 71.1 Å². The number of hydrogen-bond acceptors (Lipinski definition) is 5. The number of thioether (sulfide) groups is 1. The third-order valence-electron chi connectivity index (χ3n) is 2.36. The lowest BCUT2D eigenvalue weighted by molar-refractivity contribution is 0.567. The fraction of sp³-hybridized carbons (Fsp3) is 0.583. The average molecular weight is 303 g/mol. The maximum atomic E-state index is 12.3. The fourth-order valence-corrected chi connectivity index (χ4v) is 3.65. The van der Waals surface area contributed by atoms with Crippen LogP contribution in [0.15, 0.2) is 23.4 Å². The van der Waals surface area contributed by atoms with Gasteiger partial charge in [-0.05, 0) is 31.7 Å². The number of pyridine rings is 1. The molecule has 1 unspecified atom stereocenters. The van der Waals surface area contributed by atoms with Crippen LogP contribution < -0.4 is 10.0 Å². The largest absolute Gasteiger partial charge is 0.383 e. The van der Waals surface area contributed by atoms with Crippen molar-refractivity contribution in [2.24, 2.45) is 0 Å². The summed E-state index contributed by atoms with van der Waals surface area (Å²) < 4.78 is 27.2. The van der Waals surface area contributed by atoms with Gasteiger partial charge in [-0.1, -0.05) is 6.92 Å². The van der Waals surface area contributed by atoms with E-state index in [-0.39, 0.29) is 11.1 Å². The molecule has 0 spiro atoms. The van der Waals surface area contributed by atoms with E-state index in [9.17, 15) is 8.42 Å². The summed E-state index contributed by atoms with van der Waals surface area (Å²) in [5.41, 5.74) is 0.549. The molecule has 19 heavy (non-hydrogen) atoms. The van der Waals surface area contributed by atoms with Crippen molar-refractivity contribution in [1.29, 1.82) is 0 Å². The van der Waals surface area contributed by atoms with E-state index in [1.165, 1.54) is 6.20 Å². The Balaban J connectivity index is 2.94. The SMILES string of the molecule is CCCNc1cccnc1S(=O)(=O)NC(C)CSC. The summed E-state index contributed by atoms with van der Waals surface area (Å²) in [5, 5.41) is 3.15. The molecule has 0 saturated heterocycles. The molecule has 2 N–H and O–H groups in total. The van der Waals surface area contributed by atoms with Crippen LogP contribution in [-0.4, -0.2) is 38.0 Å². The van der Waals surface area contributed by atoms with Crippen LogP contribution in [0.25, 0.3) is 0 Å². The lowest BCUT2D eigenvalue weighted by atomic mass is 10.4. The molecule has 0 aliphatic carbocycles. The van der Waals surface area contributed by atoms with Crippen LogP contribution >= 0.6 is 11.8 Å². The molecular weight excluding hydrogens is 282 g/mol. The first-order valence-electron chi connectivity index (χ1n) is 6.21. The third-order valence-corrected chi connectivity index (χ3v) is 4.74. The van der Waals surface area contributed by atoms with Gasteiger partial charge in [-0.2, -0.15) is 11.8 Å². The normalized spacial score (nSPS) is 13.2. The second kappa shape index (κ2) is 7.72. The number of nitrogens with zero attached hydrogens (tertiary/aromatic N) is 1. The van der Waals surface area contributed by atoms with E-state index < -0.39 is 10.0 Å². The van der Waals surface area contributed by atoms with Crippen molar-refractivity contribution < 1.29 is 8.42 Å². The molecule has 108 valence electrons. The maximum Gasteiger partial charge on any atom is 0.260 e. The number of rotatable bonds is 8. The molecule has 1 aromatic rings. The Hall–Kier alpha value is -0.790. The average Bonchev–Trinajstić information content (AvgIpc) is 2.36. The van der Waals surface area contributed by atoms with Crippen LogP contribution in [0.2, 0.25) is 0 Å². The van der Waals surface area contributed by atoms with Crippen molar-refractivity contribution in [3.05, 3.63) is 18.3 Å². The predicted molar refractivity (Wildman–Crippen MR) is 81.2 cm³/mol. The zero-order valence-corrected chi connectivity index (χ0v) is 13.1. The van der Waals surface area contributed by atoms with Crippen molar-refractivity contribution in [3.8, 4) is 0 Å². The molecule has 0 bridgehead atoms. The number of hydrogen-bond donors (Lipinski definition) is 2. The summed E-state index contributed by atoms with van der Waals surface area (Å²) in [6.45, 7) is 4.58. The Kier molecular flexibility index (Phi) is 6.60. The fourth-order valence-electron chi connectivity index (χ4n) is 1.60. The van der Waals surface area contributed by atoms with E-state index in [0.717, 1.165) is 12.2 Å². The highest BCUT2D eigenvalue weighted by Gasteiger charge is 2.21. The van der Waals surface area contributed by atoms with E-state index in [2.05, 4.69) is 15.0 Å². The number of anilines is 1. The molecule has 0 fully saturated rings. The number of sulfonamides is 1. The lowest BCUT2D eigenvalue weighted by Gasteiger charge is -2.15. The van der Waals surface area contributed by atoms with Gasteiger partial charge in [0, 0.05) is 24.5 Å². The van der Waals surface area contributed by atoms with Gasteiger partial charge in [-0.3, -0.25) is 0 Å². The van der Waals surface area contributed by atoms with Gasteiger partial charge < -0.3 is 5.32 Å². The van der Waals surface area contributed by atoms with Gasteiger partial charge in [0.1, 0.15) is 0 Å². The van der Waals surface area contributed by atoms with E-state index in [1.54, 1.807) is 23.9 Å². The molecule has 1 rings (SSSR count). The minimum Gasteiger partial charge on any atom is -0.383 e. The van der Waals surface area contributed by atoms with Gasteiger partial charge in [-0.25, -0.2) is 18.1 Å². The Labute approximate surface area is 119 Å². The molecule has 7 heteroatoms. The van der Waals surface area contributed by atoms with Crippen LogP contribution in [-0.2, 0) is 10.0 Å². The summed E-state index contributed by atoms with van der Waals surface area (Å²) >= 11 is 1.60. The predicted octanol–water partition coefficient (Wildman–Crippen LogP) is 1.93. The Morgan fingerprint density at radius 1 is 1.47 bits per heavy atom. The highest BCUT2D eigenvalue weighted by molar-refractivity contribution is 7.98. The first-order chi connectivity index (χ1) is 9.01. The van der Waals surface area contributed by atoms with Crippen LogP contribution in [0.1, 0.15) is 20.3 Å². The molecular formula is C12H21N3O2S2. The minimum atomic E-state index is -3.58. The molecule has 0 aliphatic heterocycles. The molecule has 1 aromatic heterocycles. The van der Waals surface area contributed by atoms with Crippen LogP contribution in [0, 0.1) is 0 Å². The zero-order chi connectivity index (χ0) is 14.3. The molecule has 1 heterocycles. The maximum absolute atomic E-state index is 12.3. The summed E-state index contributed by atoms with van der Waals surface area (Å²) in [6.07, 6.45) is 4.36. The molecule has 0 radical (unpaired) electrons. The standard InChI is InChI=1S/C12H21N3O2S2/c1-4-7-13-11-6-5-8-14-12(11)19(16,17)15-10(2)9-18-3/h5-6,8,10,13,15H,4,7,9H2,1-3H3. The summed E-state index contributed by atoms with van der Waals surface area (Å²) in [5.74, 6) is 0.726. The first kappa shape index (κ1) is 16.3. The molecule has 1 atom stereocenters. The van der Waals surface area contributed by atoms with E-state index in [0.29, 0.717) is 12.2 Å². The molecule has 5 nitrogen and oxygen atoms in total. The smallest absolute Gasteiger partial charge is 0.260 e. The van der Waals surface area contributed by atoms with Gasteiger partial charge in [-0.15, -0.1) is 0 Å². The molecule has 0 aromatic carbocycles. The summed E-state index contributed by atoms with van der Waals surface area (Å²) in [6, 6.07) is 3.33. The van der Waals surface area contributed by atoms with E-state index in [1.807, 2.05) is 20.1 Å². The lowest BCUT2D eigenvalue weighted by Crippen LogP contribution is -2.35. The summed E-state index contributed by atoms with van der Waals surface area (Å²) in [4.78, 5) is 4.00. The van der Waals surface area contributed by atoms with Crippen molar-refractivity contribution in [2.75, 3.05) is 23.9 Å². The Bertz CT molecular complexity index is 492. The van der Waals surface area contributed by atoms with E-state index >= 15 is 0 Å². The van der Waals surface area contributed by atoms with Crippen molar-refractivity contribution in [1.82, 2.24) is 9.71 Å². The second-order valence-electron chi connectivity index (χ2n) is 4.26. The van der Waals surface area contributed by atoms with E-state index in [4.69, 9.17) is 0 Å². The zero-order valence-electron chi connectivity index (χ0n) is 11.5. The molecule has 0 aliphatic rings. The summed E-state index contributed by atoms with van der Waals surface area (Å²) in [7, 11) is -3.58. The van der Waals surface area contributed by atoms with Gasteiger partial charge in [0.15, 0.2) is 5.03 Å². The number of nitrogens with one attached hydrogen (secondary N) is 2. The Morgan fingerprint density at radius 3 is 2.84 bits per heavy atom. The highest BCUT2D eigenvalue weighted by atomic mass is 32.2. The monoisotopic (exact) mass is 303 g/mol. The van der Waals surface area contributed by atoms with Crippen molar-refractivity contribution >= 4 is 27.5 Å². The Morgan fingerprint density at radius 2 is 2.21 bits per heavy atom. The van der Waals surface area contributed by atoms with Crippen molar-refractivity contribution in [2.45, 2.75) is 31.3 Å². The van der Waals surface area contributed by atoms with Gasteiger partial charge in [0.25, 0.3) is 10.0 Å². The third kappa shape index (κ3) is 5.00. The van der Waals surface area contributed by atoms with Crippen LogP contribution in [0.3, 0.4) is 0 Å². The first-order valence-corrected chi connectivity index (χ1v) is 9.09. The van der Waals surface area contributed by atoms with Crippen LogP contribution in [0.4, 0.5) is 5.69 Å². The molecule has 0 saturated carbocycles. The van der Waals surface area contributed by atoms with Crippen molar-refractivity contribution in [3.63, 3.8) is 0 Å².